The fourth-order valence-electron chi connectivity index (χ4n) is 1.68. The number of carbonyl (C=O) groups is 1. The Labute approximate surface area is 132 Å². The molecule has 1 amide bonds. The highest BCUT2D eigenvalue weighted by molar-refractivity contribution is 7.89. The van der Waals surface area contributed by atoms with Crippen LogP contribution in [0.1, 0.15) is 6.92 Å². The molecule has 0 spiro atoms. The molecule has 24 heavy (non-hydrogen) atoms. The van der Waals surface area contributed by atoms with Crippen molar-refractivity contribution in [1.82, 2.24) is 5.32 Å². The number of benzene rings is 1. The predicted molar refractivity (Wildman–Crippen MR) is 70.1 cm³/mol. The van der Waals surface area contributed by atoms with Crippen molar-refractivity contribution >= 4 is 21.6 Å². The molecule has 0 saturated heterocycles. The SMILES string of the molecule is CC(=O)NC(Nc1ccc(S(N)(=O)=O)cc1)(C(F)(F)F)C(F)(F)F. The number of hydrogen-bond donors (Lipinski definition) is 3. The molecule has 0 aliphatic heterocycles. The maximum Gasteiger partial charge on any atom is 0.439 e. The topological polar surface area (TPSA) is 101 Å². The Kier molecular flexibility index (Phi) is 5.11. The lowest BCUT2D eigenvalue weighted by atomic mass is 10.1. The monoisotopic (exact) mass is 379 g/mol. The Balaban J connectivity index is 3.39. The van der Waals surface area contributed by atoms with Crippen molar-refractivity contribution in [2.24, 2.45) is 5.14 Å². The Bertz CT molecular complexity index is 698. The third kappa shape index (κ3) is 4.08. The van der Waals surface area contributed by atoms with Gasteiger partial charge in [0.15, 0.2) is 0 Å². The molecule has 1 rings (SSSR count). The maximum atomic E-state index is 13.1. The van der Waals surface area contributed by atoms with Gasteiger partial charge in [0.2, 0.25) is 15.9 Å². The van der Waals surface area contributed by atoms with E-state index in [1.807, 2.05) is 0 Å². The van der Waals surface area contributed by atoms with Gasteiger partial charge in [-0.2, -0.15) is 26.3 Å². The van der Waals surface area contributed by atoms with E-state index in [-0.39, 0.29) is 0 Å². The van der Waals surface area contributed by atoms with Crippen LogP contribution < -0.4 is 15.8 Å². The summed E-state index contributed by atoms with van der Waals surface area (Å²) in [6.07, 6.45) is -11.9. The number of amides is 1. The summed E-state index contributed by atoms with van der Waals surface area (Å²) in [4.78, 5) is 10.4. The van der Waals surface area contributed by atoms with Crippen LogP contribution in [0.5, 0.6) is 0 Å². The molecule has 13 heteroatoms. The van der Waals surface area contributed by atoms with Crippen molar-refractivity contribution < 1.29 is 39.6 Å². The van der Waals surface area contributed by atoms with Gasteiger partial charge in [-0.3, -0.25) is 4.79 Å². The summed E-state index contributed by atoms with van der Waals surface area (Å²) in [5.41, 5.74) is -5.50. The lowest BCUT2D eigenvalue weighted by molar-refractivity contribution is -0.295. The Morgan fingerprint density at radius 1 is 1.00 bits per heavy atom. The number of carbonyl (C=O) groups excluding carboxylic acids is 1. The van der Waals surface area contributed by atoms with Gasteiger partial charge >= 0.3 is 18.0 Å². The van der Waals surface area contributed by atoms with Crippen LogP contribution in [0, 0.1) is 0 Å². The molecule has 0 fully saturated rings. The first kappa shape index (κ1) is 20.0. The first-order valence-corrected chi connectivity index (χ1v) is 7.48. The minimum atomic E-state index is -5.95. The van der Waals surface area contributed by atoms with Gasteiger partial charge in [-0.1, -0.05) is 0 Å². The van der Waals surface area contributed by atoms with Crippen molar-refractivity contribution in [2.75, 3.05) is 5.32 Å². The molecule has 0 bridgehead atoms. The molecule has 1 aromatic carbocycles. The van der Waals surface area contributed by atoms with Crippen molar-refractivity contribution in [2.45, 2.75) is 29.8 Å². The quantitative estimate of drug-likeness (QED) is 0.548. The lowest BCUT2D eigenvalue weighted by Crippen LogP contribution is -2.71. The highest BCUT2D eigenvalue weighted by atomic mass is 32.2. The van der Waals surface area contributed by atoms with E-state index in [1.54, 1.807) is 0 Å². The van der Waals surface area contributed by atoms with Crippen LogP contribution in [0.3, 0.4) is 0 Å². The van der Waals surface area contributed by atoms with E-state index < -0.39 is 44.5 Å². The smallest absolute Gasteiger partial charge is 0.348 e. The summed E-state index contributed by atoms with van der Waals surface area (Å²) in [7, 11) is -4.18. The molecule has 0 saturated carbocycles. The van der Waals surface area contributed by atoms with Crippen LogP contribution >= 0.6 is 0 Å². The number of primary sulfonamides is 1. The minimum Gasteiger partial charge on any atom is -0.348 e. The number of sulfonamides is 1. The molecule has 0 atom stereocenters. The van der Waals surface area contributed by atoms with E-state index in [0.717, 1.165) is 10.6 Å². The Hall–Kier alpha value is -2.02. The highest BCUT2D eigenvalue weighted by Crippen LogP contribution is 2.43. The summed E-state index contributed by atoms with van der Waals surface area (Å²) >= 11 is 0. The van der Waals surface area contributed by atoms with Gasteiger partial charge in [0, 0.05) is 12.6 Å². The molecule has 0 aromatic heterocycles. The van der Waals surface area contributed by atoms with E-state index in [2.05, 4.69) is 0 Å². The van der Waals surface area contributed by atoms with Crippen molar-refractivity contribution in [3.63, 3.8) is 0 Å². The first-order valence-electron chi connectivity index (χ1n) is 5.93. The van der Waals surface area contributed by atoms with E-state index in [1.165, 1.54) is 0 Å². The minimum absolute atomic E-state index is 0.484. The standard InChI is InChI=1S/C11H11F6N3O3S/c1-6(21)19-9(10(12,13)14,11(15,16)17)20-7-2-4-8(5-3-7)24(18,22)23/h2-5,20H,1H3,(H,19,21)(H2,18,22,23). The zero-order valence-corrected chi connectivity index (χ0v) is 12.6. The number of hydrogen-bond acceptors (Lipinski definition) is 4. The third-order valence-electron chi connectivity index (χ3n) is 2.73. The zero-order chi connectivity index (χ0) is 19.0. The van der Waals surface area contributed by atoms with E-state index in [0.29, 0.717) is 31.2 Å². The van der Waals surface area contributed by atoms with Gasteiger partial charge in [-0.05, 0) is 24.3 Å². The van der Waals surface area contributed by atoms with Crippen LogP contribution in [0.25, 0.3) is 0 Å². The summed E-state index contributed by atoms with van der Waals surface area (Å²) in [6, 6.07) is 2.72. The zero-order valence-electron chi connectivity index (χ0n) is 11.8. The molecule has 136 valence electrons. The molecule has 0 radical (unpaired) electrons. The summed E-state index contributed by atoms with van der Waals surface area (Å²) in [5, 5.41) is 6.76. The summed E-state index contributed by atoms with van der Waals surface area (Å²) in [5.74, 6) is -1.58. The molecule has 0 unspecified atom stereocenters. The fourth-order valence-corrected chi connectivity index (χ4v) is 2.20. The number of anilines is 1. The molecule has 1 aromatic rings. The Morgan fingerprint density at radius 3 is 1.71 bits per heavy atom. The molecular weight excluding hydrogens is 368 g/mol. The second kappa shape index (κ2) is 6.12. The van der Waals surface area contributed by atoms with Crippen LogP contribution in [0.2, 0.25) is 0 Å². The molecule has 4 N–H and O–H groups in total. The normalized spacial score (nSPS) is 13.5. The lowest BCUT2D eigenvalue weighted by Gasteiger charge is -2.38. The summed E-state index contributed by atoms with van der Waals surface area (Å²) < 4.78 is 101. The maximum absolute atomic E-state index is 13.1. The summed E-state index contributed by atoms with van der Waals surface area (Å²) in [6.45, 7) is 0.484. The largest absolute Gasteiger partial charge is 0.439 e. The van der Waals surface area contributed by atoms with Crippen molar-refractivity contribution in [3.8, 4) is 0 Å². The first-order chi connectivity index (χ1) is 10.6. The van der Waals surface area contributed by atoms with Gasteiger partial charge in [-0.25, -0.2) is 13.6 Å². The molecule has 0 heterocycles. The van der Waals surface area contributed by atoms with Crippen LogP contribution in [-0.4, -0.2) is 32.3 Å². The number of rotatable bonds is 4. The molecule has 6 nitrogen and oxygen atoms in total. The number of nitrogens with two attached hydrogens (primary N) is 1. The van der Waals surface area contributed by atoms with Gasteiger partial charge in [0.1, 0.15) is 0 Å². The third-order valence-corrected chi connectivity index (χ3v) is 3.66. The van der Waals surface area contributed by atoms with E-state index in [9.17, 15) is 39.6 Å². The van der Waals surface area contributed by atoms with Gasteiger partial charge < -0.3 is 10.6 Å². The molecule has 0 aliphatic carbocycles. The van der Waals surface area contributed by atoms with Gasteiger partial charge in [0.05, 0.1) is 4.90 Å². The average molecular weight is 379 g/mol. The van der Waals surface area contributed by atoms with Crippen LogP contribution in [0.4, 0.5) is 32.0 Å². The van der Waals surface area contributed by atoms with Crippen LogP contribution in [-0.2, 0) is 14.8 Å². The van der Waals surface area contributed by atoms with E-state index >= 15 is 0 Å². The highest BCUT2D eigenvalue weighted by Gasteiger charge is 2.72. The van der Waals surface area contributed by atoms with E-state index in [4.69, 9.17) is 5.14 Å². The fraction of sp³-hybridized carbons (Fsp3) is 0.364. The van der Waals surface area contributed by atoms with Crippen molar-refractivity contribution in [1.29, 1.82) is 0 Å². The predicted octanol–water partition coefficient (Wildman–Crippen LogP) is 1.70. The van der Waals surface area contributed by atoms with Gasteiger partial charge in [-0.15, -0.1) is 0 Å². The number of halogens is 6. The average Bonchev–Trinajstić information content (AvgIpc) is 2.34. The number of nitrogens with one attached hydrogen (secondary N) is 2. The molecule has 0 aliphatic rings. The number of alkyl halides is 6. The molecular formula is C11H11F6N3O3S. The second-order valence-corrected chi connectivity index (χ2v) is 6.18. The Morgan fingerprint density at radius 2 is 1.42 bits per heavy atom. The second-order valence-electron chi connectivity index (χ2n) is 4.62. The van der Waals surface area contributed by atoms with Gasteiger partial charge in [0.25, 0.3) is 0 Å². The van der Waals surface area contributed by atoms with Crippen LogP contribution in [0.15, 0.2) is 29.2 Å². The van der Waals surface area contributed by atoms with Crippen molar-refractivity contribution in [3.05, 3.63) is 24.3 Å².